The third-order valence-corrected chi connectivity index (χ3v) is 6.10. The number of hydrogen-bond donors (Lipinski definition) is 1. The Balaban J connectivity index is 1.27. The van der Waals surface area contributed by atoms with Crippen LogP contribution in [-0.2, 0) is 16.0 Å². The van der Waals surface area contributed by atoms with Crippen LogP contribution >= 0.6 is 11.3 Å². The average Bonchev–Trinajstić information content (AvgIpc) is 3.36. The third-order valence-electron chi connectivity index (χ3n) is 5.32. The summed E-state index contributed by atoms with van der Waals surface area (Å²) in [6, 6.07) is 9.69. The lowest BCUT2D eigenvalue weighted by Crippen LogP contribution is -2.42. The van der Waals surface area contributed by atoms with Crippen LogP contribution in [0.15, 0.2) is 40.2 Å². The first-order valence-corrected chi connectivity index (χ1v) is 10.9. The number of benzene rings is 1. The molecule has 3 heterocycles. The number of carbonyl (C=O) groups excluding carboxylic acids is 2. The van der Waals surface area contributed by atoms with Crippen molar-refractivity contribution in [1.82, 2.24) is 15.0 Å². The molecule has 2 amide bonds. The highest BCUT2D eigenvalue weighted by molar-refractivity contribution is 7.09. The summed E-state index contributed by atoms with van der Waals surface area (Å²) >= 11 is 1.63. The van der Waals surface area contributed by atoms with Crippen molar-refractivity contribution in [2.24, 2.45) is 5.92 Å². The third kappa shape index (κ3) is 4.76. The summed E-state index contributed by atoms with van der Waals surface area (Å²) in [5.41, 5.74) is 3.01. The van der Waals surface area contributed by atoms with Gasteiger partial charge in [0.1, 0.15) is 5.76 Å². The van der Waals surface area contributed by atoms with Crippen molar-refractivity contribution in [3.05, 3.63) is 52.0 Å². The highest BCUT2D eigenvalue weighted by Gasteiger charge is 2.27. The Bertz CT molecular complexity index is 1030. The minimum absolute atomic E-state index is 0.0664. The molecule has 0 radical (unpaired) electrons. The van der Waals surface area contributed by atoms with Gasteiger partial charge in [0.05, 0.1) is 17.1 Å². The second kappa shape index (κ2) is 8.79. The van der Waals surface area contributed by atoms with Gasteiger partial charge < -0.3 is 14.7 Å². The largest absolute Gasteiger partial charge is 0.360 e. The molecule has 30 heavy (non-hydrogen) atoms. The SMILES string of the molecule is Cc1cc(NC(=O)C2CCN(C(=O)Cc3ccc(-c4csc(C)n4)cc3)CC2)no1. The van der Waals surface area contributed by atoms with E-state index in [1.165, 1.54) is 0 Å². The Hall–Kier alpha value is -3.00. The molecule has 7 nitrogen and oxygen atoms in total. The van der Waals surface area contributed by atoms with Crippen LogP contribution in [-0.4, -0.2) is 39.9 Å². The van der Waals surface area contributed by atoms with Gasteiger partial charge in [-0.15, -0.1) is 11.3 Å². The number of aryl methyl sites for hydroxylation is 2. The number of piperidine rings is 1. The summed E-state index contributed by atoms with van der Waals surface area (Å²) in [5, 5.41) is 9.66. The van der Waals surface area contributed by atoms with Gasteiger partial charge in [-0.2, -0.15) is 0 Å². The number of hydrogen-bond acceptors (Lipinski definition) is 6. The van der Waals surface area contributed by atoms with Crippen molar-refractivity contribution in [2.45, 2.75) is 33.1 Å². The van der Waals surface area contributed by atoms with Crippen LogP contribution in [0.5, 0.6) is 0 Å². The molecule has 1 aliphatic heterocycles. The van der Waals surface area contributed by atoms with Gasteiger partial charge >= 0.3 is 0 Å². The van der Waals surface area contributed by atoms with Crippen LogP contribution in [0.25, 0.3) is 11.3 Å². The molecule has 156 valence electrons. The van der Waals surface area contributed by atoms with E-state index in [0.717, 1.165) is 21.8 Å². The summed E-state index contributed by atoms with van der Waals surface area (Å²) in [6.07, 6.45) is 1.67. The molecule has 0 saturated carbocycles. The lowest BCUT2D eigenvalue weighted by atomic mass is 9.95. The van der Waals surface area contributed by atoms with Gasteiger partial charge in [0, 0.05) is 36.0 Å². The van der Waals surface area contributed by atoms with Gasteiger partial charge in [-0.1, -0.05) is 29.4 Å². The number of carbonyl (C=O) groups is 2. The molecule has 3 aromatic rings. The van der Waals surface area contributed by atoms with Crippen molar-refractivity contribution in [3.8, 4) is 11.3 Å². The van der Waals surface area contributed by atoms with E-state index in [2.05, 4.69) is 15.5 Å². The highest BCUT2D eigenvalue weighted by atomic mass is 32.1. The van der Waals surface area contributed by atoms with E-state index in [0.29, 0.717) is 43.9 Å². The number of likely N-dealkylation sites (tertiary alicyclic amines) is 1. The van der Waals surface area contributed by atoms with E-state index in [9.17, 15) is 9.59 Å². The summed E-state index contributed by atoms with van der Waals surface area (Å²) in [4.78, 5) is 31.4. The smallest absolute Gasteiger partial charge is 0.228 e. The van der Waals surface area contributed by atoms with Gasteiger partial charge in [0.2, 0.25) is 11.8 Å². The van der Waals surface area contributed by atoms with Crippen molar-refractivity contribution in [3.63, 3.8) is 0 Å². The molecule has 0 bridgehead atoms. The quantitative estimate of drug-likeness (QED) is 0.672. The minimum Gasteiger partial charge on any atom is -0.360 e. The van der Waals surface area contributed by atoms with Crippen molar-refractivity contribution < 1.29 is 14.1 Å². The van der Waals surface area contributed by atoms with Crippen LogP contribution in [0.4, 0.5) is 5.82 Å². The second-order valence-electron chi connectivity index (χ2n) is 7.59. The maximum atomic E-state index is 12.7. The number of thiazole rings is 1. The zero-order valence-electron chi connectivity index (χ0n) is 17.1. The lowest BCUT2D eigenvalue weighted by molar-refractivity contribution is -0.133. The Morgan fingerprint density at radius 1 is 1.20 bits per heavy atom. The molecule has 0 atom stereocenters. The van der Waals surface area contributed by atoms with Crippen molar-refractivity contribution >= 4 is 29.0 Å². The van der Waals surface area contributed by atoms with Gasteiger partial charge in [-0.3, -0.25) is 9.59 Å². The zero-order valence-corrected chi connectivity index (χ0v) is 17.9. The predicted molar refractivity (Wildman–Crippen MR) is 115 cm³/mol. The first kappa shape index (κ1) is 20.3. The lowest BCUT2D eigenvalue weighted by Gasteiger charge is -2.31. The molecule has 0 aliphatic carbocycles. The van der Waals surface area contributed by atoms with Crippen LogP contribution < -0.4 is 5.32 Å². The molecule has 4 rings (SSSR count). The second-order valence-corrected chi connectivity index (χ2v) is 8.65. The maximum Gasteiger partial charge on any atom is 0.228 e. The molecule has 0 spiro atoms. The fourth-order valence-corrected chi connectivity index (χ4v) is 4.24. The van der Waals surface area contributed by atoms with E-state index >= 15 is 0 Å². The Morgan fingerprint density at radius 3 is 2.53 bits per heavy atom. The number of rotatable bonds is 5. The molecule has 0 unspecified atom stereocenters. The summed E-state index contributed by atoms with van der Waals surface area (Å²) in [7, 11) is 0. The highest BCUT2D eigenvalue weighted by Crippen LogP contribution is 2.23. The fraction of sp³-hybridized carbons (Fsp3) is 0.364. The van der Waals surface area contributed by atoms with Gasteiger partial charge in [0.15, 0.2) is 5.82 Å². The first-order valence-electron chi connectivity index (χ1n) is 10.0. The Labute approximate surface area is 179 Å². The molecule has 2 aromatic heterocycles. The van der Waals surface area contributed by atoms with E-state index in [1.54, 1.807) is 24.3 Å². The average molecular weight is 425 g/mol. The number of amides is 2. The van der Waals surface area contributed by atoms with E-state index in [-0.39, 0.29) is 17.7 Å². The molecule has 1 fully saturated rings. The van der Waals surface area contributed by atoms with E-state index in [4.69, 9.17) is 4.52 Å². The monoisotopic (exact) mass is 424 g/mol. The summed E-state index contributed by atoms with van der Waals surface area (Å²) in [6.45, 7) is 4.94. The van der Waals surface area contributed by atoms with Gasteiger partial charge in [-0.25, -0.2) is 4.98 Å². The Morgan fingerprint density at radius 2 is 1.93 bits per heavy atom. The normalized spacial score (nSPS) is 14.7. The molecule has 1 aromatic carbocycles. The number of anilines is 1. The van der Waals surface area contributed by atoms with Crippen LogP contribution in [0, 0.1) is 19.8 Å². The van der Waals surface area contributed by atoms with E-state index in [1.807, 2.05) is 41.5 Å². The first-order chi connectivity index (χ1) is 14.5. The maximum absolute atomic E-state index is 12.7. The van der Waals surface area contributed by atoms with Crippen molar-refractivity contribution in [2.75, 3.05) is 18.4 Å². The Kier molecular flexibility index (Phi) is 5.94. The summed E-state index contributed by atoms with van der Waals surface area (Å²) in [5.74, 6) is 1.00. The number of nitrogens with one attached hydrogen (secondary N) is 1. The number of nitrogens with zero attached hydrogens (tertiary/aromatic N) is 3. The van der Waals surface area contributed by atoms with Crippen LogP contribution in [0.2, 0.25) is 0 Å². The minimum atomic E-state index is -0.119. The summed E-state index contributed by atoms with van der Waals surface area (Å²) < 4.78 is 4.97. The molecule has 1 aliphatic rings. The zero-order chi connectivity index (χ0) is 21.1. The molecular weight excluding hydrogens is 400 g/mol. The van der Waals surface area contributed by atoms with E-state index < -0.39 is 0 Å². The predicted octanol–water partition coefficient (Wildman–Crippen LogP) is 3.83. The molecular formula is C22H24N4O3S. The molecule has 1 N–H and O–H groups in total. The van der Waals surface area contributed by atoms with Crippen LogP contribution in [0.3, 0.4) is 0 Å². The van der Waals surface area contributed by atoms with Crippen LogP contribution in [0.1, 0.15) is 29.2 Å². The standard InChI is InChI=1S/C22H24N4O3S/c1-14-11-20(25-29-14)24-22(28)18-7-9-26(10-8-18)21(27)12-16-3-5-17(6-4-16)19-13-30-15(2)23-19/h3-6,11,13,18H,7-10,12H2,1-2H3,(H,24,25,28). The topological polar surface area (TPSA) is 88.3 Å². The molecule has 8 heteroatoms. The van der Waals surface area contributed by atoms with Gasteiger partial charge in [-0.05, 0) is 32.3 Å². The number of aromatic nitrogens is 2. The fourth-order valence-electron chi connectivity index (χ4n) is 3.62. The van der Waals surface area contributed by atoms with Crippen molar-refractivity contribution in [1.29, 1.82) is 0 Å². The van der Waals surface area contributed by atoms with Gasteiger partial charge in [0.25, 0.3) is 0 Å². The molecule has 1 saturated heterocycles.